The first kappa shape index (κ1) is 20.4. The molecule has 0 saturated carbocycles. The highest BCUT2D eigenvalue weighted by Gasteiger charge is 2.36. The number of carbonyl (C=O) groups excluding carboxylic acids is 2. The Kier molecular flexibility index (Phi) is 5.26. The van der Waals surface area contributed by atoms with Crippen LogP contribution in [0.3, 0.4) is 0 Å². The lowest BCUT2D eigenvalue weighted by atomic mass is 9.93. The van der Waals surface area contributed by atoms with E-state index in [0.29, 0.717) is 31.6 Å². The number of amides is 2. The van der Waals surface area contributed by atoms with E-state index in [9.17, 15) is 9.59 Å². The van der Waals surface area contributed by atoms with E-state index in [1.165, 1.54) is 5.56 Å². The number of rotatable bonds is 3. The average Bonchev–Trinajstić information content (AvgIpc) is 3.00. The van der Waals surface area contributed by atoms with Crippen LogP contribution in [-0.2, 0) is 4.79 Å². The van der Waals surface area contributed by atoms with Crippen LogP contribution in [0.15, 0.2) is 36.5 Å². The molecular weight excluding hydrogens is 376 g/mol. The molecule has 6 nitrogen and oxygen atoms in total. The summed E-state index contributed by atoms with van der Waals surface area (Å²) in [4.78, 5) is 35.8. The van der Waals surface area contributed by atoms with Crippen molar-refractivity contribution in [1.82, 2.24) is 9.88 Å². The highest BCUT2D eigenvalue weighted by molar-refractivity contribution is 5.98. The molecule has 2 fully saturated rings. The van der Waals surface area contributed by atoms with Crippen molar-refractivity contribution in [1.29, 1.82) is 0 Å². The highest BCUT2D eigenvalue weighted by atomic mass is 16.2. The van der Waals surface area contributed by atoms with E-state index in [-0.39, 0.29) is 17.2 Å². The Balaban J connectivity index is 1.39. The minimum Gasteiger partial charge on any atom is -0.353 e. The van der Waals surface area contributed by atoms with Gasteiger partial charge in [-0.25, -0.2) is 4.98 Å². The smallest absolute Gasteiger partial charge is 0.253 e. The van der Waals surface area contributed by atoms with E-state index in [1.54, 1.807) is 0 Å². The average molecular weight is 407 g/mol. The maximum absolute atomic E-state index is 13.0. The molecule has 2 saturated heterocycles. The number of hydrogen-bond donors (Lipinski definition) is 0. The summed E-state index contributed by atoms with van der Waals surface area (Å²) in [5.74, 6) is 1.20. The molecule has 0 aliphatic carbocycles. The molecule has 30 heavy (non-hydrogen) atoms. The lowest BCUT2D eigenvalue weighted by molar-refractivity contribution is -0.117. The highest BCUT2D eigenvalue weighted by Crippen LogP contribution is 2.33. The SMILES string of the molecule is Cc1cnc(N2CCN(C(=O)c3ccc(N4CC(C)(C)CC4=O)cc3)CC2)c(C)c1. The van der Waals surface area contributed by atoms with E-state index in [0.717, 1.165) is 30.2 Å². The topological polar surface area (TPSA) is 56.8 Å². The largest absolute Gasteiger partial charge is 0.353 e. The monoisotopic (exact) mass is 406 g/mol. The van der Waals surface area contributed by atoms with E-state index in [4.69, 9.17) is 0 Å². The van der Waals surface area contributed by atoms with Gasteiger partial charge < -0.3 is 14.7 Å². The first-order chi connectivity index (χ1) is 14.2. The Morgan fingerprint density at radius 2 is 1.70 bits per heavy atom. The Hall–Kier alpha value is -2.89. The van der Waals surface area contributed by atoms with Gasteiger partial charge in [0.25, 0.3) is 5.91 Å². The summed E-state index contributed by atoms with van der Waals surface area (Å²) in [6.45, 7) is 12.0. The molecule has 4 rings (SSSR count). The number of pyridine rings is 1. The minimum absolute atomic E-state index is 0.00406. The molecule has 2 aliphatic heterocycles. The number of piperazine rings is 1. The fourth-order valence-electron chi connectivity index (χ4n) is 4.44. The fourth-order valence-corrected chi connectivity index (χ4v) is 4.44. The second-order valence-electron chi connectivity index (χ2n) is 9.30. The van der Waals surface area contributed by atoms with E-state index < -0.39 is 0 Å². The van der Waals surface area contributed by atoms with Crippen molar-refractivity contribution >= 4 is 23.3 Å². The summed E-state index contributed by atoms with van der Waals surface area (Å²) in [5.41, 5.74) is 3.86. The third kappa shape index (κ3) is 4.04. The van der Waals surface area contributed by atoms with Gasteiger partial charge in [-0.1, -0.05) is 19.9 Å². The van der Waals surface area contributed by atoms with Crippen LogP contribution < -0.4 is 9.80 Å². The van der Waals surface area contributed by atoms with Gasteiger partial charge in [0.1, 0.15) is 5.82 Å². The van der Waals surface area contributed by atoms with E-state index in [2.05, 4.69) is 36.7 Å². The number of anilines is 2. The van der Waals surface area contributed by atoms with Crippen molar-refractivity contribution in [3.63, 3.8) is 0 Å². The molecule has 0 radical (unpaired) electrons. The number of aromatic nitrogens is 1. The van der Waals surface area contributed by atoms with Gasteiger partial charge in [0, 0.05) is 56.6 Å². The van der Waals surface area contributed by atoms with Crippen molar-refractivity contribution in [2.24, 2.45) is 5.41 Å². The lowest BCUT2D eigenvalue weighted by Crippen LogP contribution is -2.49. The van der Waals surface area contributed by atoms with Crippen LogP contribution in [0.4, 0.5) is 11.5 Å². The van der Waals surface area contributed by atoms with Crippen LogP contribution in [0.5, 0.6) is 0 Å². The van der Waals surface area contributed by atoms with Crippen LogP contribution in [0.2, 0.25) is 0 Å². The number of hydrogen-bond acceptors (Lipinski definition) is 4. The third-order valence-electron chi connectivity index (χ3n) is 6.00. The minimum atomic E-state index is -0.00406. The quantitative estimate of drug-likeness (QED) is 0.784. The molecule has 0 unspecified atom stereocenters. The van der Waals surface area contributed by atoms with Crippen LogP contribution in [0.25, 0.3) is 0 Å². The molecule has 6 heteroatoms. The van der Waals surface area contributed by atoms with Gasteiger partial charge in [-0.15, -0.1) is 0 Å². The summed E-state index contributed by atoms with van der Waals surface area (Å²) in [6, 6.07) is 9.61. The number of benzene rings is 1. The van der Waals surface area contributed by atoms with Crippen molar-refractivity contribution in [2.45, 2.75) is 34.1 Å². The second kappa shape index (κ2) is 7.74. The van der Waals surface area contributed by atoms with Crippen LogP contribution >= 0.6 is 0 Å². The summed E-state index contributed by atoms with van der Waals surface area (Å²) < 4.78 is 0. The van der Waals surface area contributed by atoms with Crippen LogP contribution in [0.1, 0.15) is 41.8 Å². The molecule has 1 aromatic carbocycles. The van der Waals surface area contributed by atoms with Gasteiger partial charge in [0.2, 0.25) is 5.91 Å². The lowest BCUT2D eigenvalue weighted by Gasteiger charge is -2.36. The zero-order chi connectivity index (χ0) is 21.5. The number of nitrogens with zero attached hydrogens (tertiary/aromatic N) is 4. The maximum Gasteiger partial charge on any atom is 0.253 e. The van der Waals surface area contributed by atoms with E-state index in [1.807, 2.05) is 47.2 Å². The van der Waals surface area contributed by atoms with Crippen molar-refractivity contribution in [3.8, 4) is 0 Å². The van der Waals surface area contributed by atoms with Crippen LogP contribution in [0, 0.1) is 19.3 Å². The molecule has 2 aromatic rings. The van der Waals surface area contributed by atoms with Crippen molar-refractivity contribution < 1.29 is 9.59 Å². The molecular formula is C24H30N4O2. The fraction of sp³-hybridized carbons (Fsp3) is 0.458. The second-order valence-corrected chi connectivity index (χ2v) is 9.30. The summed E-state index contributed by atoms with van der Waals surface area (Å²) in [6.07, 6.45) is 2.46. The molecule has 0 spiro atoms. The molecule has 0 atom stereocenters. The summed E-state index contributed by atoms with van der Waals surface area (Å²) >= 11 is 0. The Morgan fingerprint density at radius 3 is 2.27 bits per heavy atom. The zero-order valence-electron chi connectivity index (χ0n) is 18.3. The third-order valence-corrected chi connectivity index (χ3v) is 6.00. The normalized spacial score (nSPS) is 18.8. The van der Waals surface area contributed by atoms with Crippen LogP contribution in [-0.4, -0.2) is 54.4 Å². The first-order valence-electron chi connectivity index (χ1n) is 10.6. The molecule has 158 valence electrons. The molecule has 3 heterocycles. The maximum atomic E-state index is 13.0. The predicted molar refractivity (Wildman–Crippen MR) is 119 cm³/mol. The Bertz CT molecular complexity index is 960. The molecule has 2 aliphatic rings. The zero-order valence-corrected chi connectivity index (χ0v) is 18.3. The van der Waals surface area contributed by atoms with Crippen molar-refractivity contribution in [2.75, 3.05) is 42.5 Å². The first-order valence-corrected chi connectivity index (χ1v) is 10.6. The van der Waals surface area contributed by atoms with Gasteiger partial charge in [-0.05, 0) is 54.7 Å². The van der Waals surface area contributed by atoms with Gasteiger partial charge in [0.15, 0.2) is 0 Å². The summed E-state index contributed by atoms with van der Waals surface area (Å²) in [7, 11) is 0. The standard InChI is InChI=1S/C24H30N4O2/c1-17-13-18(2)22(25-15-17)26-9-11-27(12-10-26)23(30)19-5-7-20(8-6-19)28-16-24(3,4)14-21(28)29/h5-8,13,15H,9-12,14,16H2,1-4H3. The Morgan fingerprint density at radius 1 is 1.03 bits per heavy atom. The number of aryl methyl sites for hydroxylation is 2. The van der Waals surface area contributed by atoms with Gasteiger partial charge >= 0.3 is 0 Å². The van der Waals surface area contributed by atoms with E-state index >= 15 is 0 Å². The molecule has 0 bridgehead atoms. The van der Waals surface area contributed by atoms with Gasteiger partial charge in [-0.3, -0.25) is 9.59 Å². The van der Waals surface area contributed by atoms with Gasteiger partial charge in [-0.2, -0.15) is 0 Å². The predicted octanol–water partition coefficient (Wildman–Crippen LogP) is 3.42. The van der Waals surface area contributed by atoms with Crippen molar-refractivity contribution in [3.05, 3.63) is 53.2 Å². The van der Waals surface area contributed by atoms with Gasteiger partial charge in [0.05, 0.1) is 0 Å². The molecule has 0 N–H and O–H groups in total. The molecule has 1 aromatic heterocycles. The number of carbonyl (C=O) groups is 2. The molecule has 2 amide bonds. The Labute approximate surface area is 178 Å². The summed E-state index contributed by atoms with van der Waals surface area (Å²) in [5, 5.41) is 0.